The standard InChI is InChI=1S/C20H23N3O3/c1-14-11-16(13-21)12-15(2)19(14)24-8-4-5-17-6-7-18(23-22-17)20(3)25-9-10-26-20/h6-7,11-12H,4-5,8-10H2,1-3H3. The maximum Gasteiger partial charge on any atom is 0.211 e. The maximum absolute atomic E-state index is 9.00. The van der Waals surface area contributed by atoms with E-state index in [1.807, 2.05) is 45.0 Å². The molecule has 0 amide bonds. The lowest BCUT2D eigenvalue weighted by molar-refractivity contribution is -0.153. The van der Waals surface area contributed by atoms with Crippen LogP contribution in [0.1, 0.15) is 41.4 Å². The highest BCUT2D eigenvalue weighted by atomic mass is 16.7. The quantitative estimate of drug-likeness (QED) is 0.742. The Bertz CT molecular complexity index is 783. The molecule has 0 atom stereocenters. The van der Waals surface area contributed by atoms with E-state index in [2.05, 4.69) is 16.3 Å². The van der Waals surface area contributed by atoms with Crippen molar-refractivity contribution in [2.24, 2.45) is 0 Å². The molecule has 1 aliphatic rings. The molecule has 0 radical (unpaired) electrons. The van der Waals surface area contributed by atoms with E-state index in [0.29, 0.717) is 31.1 Å². The van der Waals surface area contributed by atoms with Crippen molar-refractivity contribution < 1.29 is 14.2 Å². The molecule has 6 heteroatoms. The second-order valence-corrected chi connectivity index (χ2v) is 6.56. The monoisotopic (exact) mass is 353 g/mol. The normalized spacial score (nSPS) is 15.6. The molecule has 136 valence electrons. The summed E-state index contributed by atoms with van der Waals surface area (Å²) in [5.41, 5.74) is 4.23. The van der Waals surface area contributed by atoms with Crippen LogP contribution < -0.4 is 4.74 Å². The van der Waals surface area contributed by atoms with Gasteiger partial charge < -0.3 is 14.2 Å². The highest BCUT2D eigenvalue weighted by molar-refractivity contribution is 5.47. The fourth-order valence-corrected chi connectivity index (χ4v) is 3.07. The predicted octanol–water partition coefficient (Wildman–Crippen LogP) is 3.20. The Morgan fingerprint density at radius 2 is 1.85 bits per heavy atom. The second-order valence-electron chi connectivity index (χ2n) is 6.56. The van der Waals surface area contributed by atoms with Crippen molar-refractivity contribution in [2.45, 2.75) is 39.4 Å². The molecule has 0 saturated carbocycles. The van der Waals surface area contributed by atoms with Gasteiger partial charge in [0.05, 0.1) is 37.1 Å². The predicted molar refractivity (Wildman–Crippen MR) is 95.7 cm³/mol. The van der Waals surface area contributed by atoms with E-state index in [1.165, 1.54) is 0 Å². The third kappa shape index (κ3) is 4.01. The molecule has 1 aromatic heterocycles. The first-order valence-electron chi connectivity index (χ1n) is 8.77. The SMILES string of the molecule is Cc1cc(C#N)cc(C)c1OCCCc1ccc(C2(C)OCCO2)nn1. The molecule has 1 saturated heterocycles. The number of ether oxygens (including phenoxy) is 3. The van der Waals surface area contributed by atoms with Crippen molar-refractivity contribution in [2.75, 3.05) is 19.8 Å². The molecule has 1 aromatic carbocycles. The molecular weight excluding hydrogens is 330 g/mol. The second kappa shape index (κ2) is 7.81. The van der Waals surface area contributed by atoms with E-state index >= 15 is 0 Å². The first kappa shape index (κ1) is 18.3. The highest BCUT2D eigenvalue weighted by Crippen LogP contribution is 2.29. The minimum Gasteiger partial charge on any atom is -0.493 e. The molecule has 0 unspecified atom stereocenters. The van der Waals surface area contributed by atoms with E-state index in [4.69, 9.17) is 19.5 Å². The number of aromatic nitrogens is 2. The van der Waals surface area contributed by atoms with Gasteiger partial charge in [0, 0.05) is 0 Å². The molecule has 2 heterocycles. The molecule has 1 aliphatic heterocycles. The lowest BCUT2D eigenvalue weighted by atomic mass is 10.1. The van der Waals surface area contributed by atoms with Crippen LogP contribution in [0.3, 0.4) is 0 Å². The maximum atomic E-state index is 9.00. The fourth-order valence-electron chi connectivity index (χ4n) is 3.07. The smallest absolute Gasteiger partial charge is 0.211 e. The molecule has 1 fully saturated rings. The summed E-state index contributed by atoms with van der Waals surface area (Å²) < 4.78 is 17.1. The van der Waals surface area contributed by atoms with Crippen LogP contribution in [0, 0.1) is 25.2 Å². The summed E-state index contributed by atoms with van der Waals surface area (Å²) >= 11 is 0. The minimum atomic E-state index is -0.778. The van der Waals surface area contributed by atoms with Crippen LogP contribution >= 0.6 is 0 Å². The van der Waals surface area contributed by atoms with Crippen molar-refractivity contribution >= 4 is 0 Å². The number of benzene rings is 1. The third-order valence-corrected chi connectivity index (χ3v) is 4.44. The van der Waals surface area contributed by atoms with Crippen molar-refractivity contribution in [1.29, 1.82) is 5.26 Å². The summed E-state index contributed by atoms with van der Waals surface area (Å²) in [6.07, 6.45) is 1.61. The van der Waals surface area contributed by atoms with Gasteiger partial charge >= 0.3 is 0 Å². The van der Waals surface area contributed by atoms with Crippen LogP contribution in [-0.2, 0) is 21.7 Å². The van der Waals surface area contributed by atoms with Crippen LogP contribution in [0.15, 0.2) is 24.3 Å². The molecular formula is C20H23N3O3. The Morgan fingerprint density at radius 1 is 1.15 bits per heavy atom. The number of rotatable bonds is 6. The van der Waals surface area contributed by atoms with Crippen LogP contribution in [0.5, 0.6) is 5.75 Å². The van der Waals surface area contributed by atoms with Gasteiger partial charge in [-0.05, 0) is 69.0 Å². The van der Waals surface area contributed by atoms with Crippen molar-refractivity contribution in [3.8, 4) is 11.8 Å². The van der Waals surface area contributed by atoms with Gasteiger partial charge in [-0.25, -0.2) is 0 Å². The number of nitrogens with zero attached hydrogens (tertiary/aromatic N) is 3. The van der Waals surface area contributed by atoms with E-state index < -0.39 is 5.79 Å². The average molecular weight is 353 g/mol. The van der Waals surface area contributed by atoms with Crippen molar-refractivity contribution in [3.63, 3.8) is 0 Å². The van der Waals surface area contributed by atoms with Crippen molar-refractivity contribution in [3.05, 3.63) is 52.3 Å². The lowest BCUT2D eigenvalue weighted by Gasteiger charge is -2.20. The minimum absolute atomic E-state index is 0.575. The largest absolute Gasteiger partial charge is 0.493 e. The zero-order chi connectivity index (χ0) is 18.6. The van der Waals surface area contributed by atoms with E-state index in [-0.39, 0.29) is 0 Å². The molecule has 0 bridgehead atoms. The molecule has 0 aliphatic carbocycles. The summed E-state index contributed by atoms with van der Waals surface area (Å²) in [5, 5.41) is 17.5. The fraction of sp³-hybridized carbons (Fsp3) is 0.450. The Kier molecular flexibility index (Phi) is 5.50. The highest BCUT2D eigenvalue weighted by Gasteiger charge is 2.34. The van der Waals surface area contributed by atoms with Gasteiger partial charge in [0.1, 0.15) is 11.4 Å². The summed E-state index contributed by atoms with van der Waals surface area (Å²) in [6.45, 7) is 7.51. The topological polar surface area (TPSA) is 77.3 Å². The summed E-state index contributed by atoms with van der Waals surface area (Å²) in [5.74, 6) is 0.0770. The zero-order valence-corrected chi connectivity index (χ0v) is 15.4. The average Bonchev–Trinajstić information content (AvgIpc) is 3.08. The number of aryl methyl sites for hydroxylation is 3. The summed E-state index contributed by atoms with van der Waals surface area (Å²) in [7, 11) is 0. The Labute approximate surface area is 153 Å². The zero-order valence-electron chi connectivity index (χ0n) is 15.4. The van der Waals surface area contributed by atoms with Gasteiger partial charge in [0.25, 0.3) is 0 Å². The molecule has 0 N–H and O–H groups in total. The van der Waals surface area contributed by atoms with Gasteiger partial charge in [-0.1, -0.05) is 0 Å². The number of nitriles is 1. The van der Waals surface area contributed by atoms with Gasteiger partial charge in [0.15, 0.2) is 0 Å². The van der Waals surface area contributed by atoms with Gasteiger partial charge in [0.2, 0.25) is 5.79 Å². The van der Waals surface area contributed by atoms with E-state index in [1.54, 1.807) is 0 Å². The Morgan fingerprint density at radius 3 is 2.42 bits per heavy atom. The lowest BCUT2D eigenvalue weighted by Crippen LogP contribution is -2.24. The van der Waals surface area contributed by atoms with Crippen molar-refractivity contribution in [1.82, 2.24) is 10.2 Å². The van der Waals surface area contributed by atoms with Gasteiger partial charge in [-0.3, -0.25) is 0 Å². The van der Waals surface area contributed by atoms with E-state index in [0.717, 1.165) is 35.4 Å². The van der Waals surface area contributed by atoms with Crippen LogP contribution in [0.4, 0.5) is 0 Å². The summed E-state index contributed by atoms with van der Waals surface area (Å²) in [6, 6.07) is 9.72. The van der Waals surface area contributed by atoms with Crippen LogP contribution in [0.2, 0.25) is 0 Å². The first-order valence-corrected chi connectivity index (χ1v) is 8.77. The van der Waals surface area contributed by atoms with Crippen LogP contribution in [-0.4, -0.2) is 30.0 Å². The first-order chi connectivity index (χ1) is 12.5. The molecule has 0 spiro atoms. The van der Waals surface area contributed by atoms with Gasteiger partial charge in [-0.15, -0.1) is 5.10 Å². The third-order valence-electron chi connectivity index (χ3n) is 4.44. The molecule has 6 nitrogen and oxygen atoms in total. The van der Waals surface area contributed by atoms with Gasteiger partial charge in [-0.2, -0.15) is 10.4 Å². The van der Waals surface area contributed by atoms with E-state index in [9.17, 15) is 0 Å². The molecule has 26 heavy (non-hydrogen) atoms. The number of hydrogen-bond acceptors (Lipinski definition) is 6. The molecule has 2 aromatic rings. The summed E-state index contributed by atoms with van der Waals surface area (Å²) in [4.78, 5) is 0. The Balaban J connectivity index is 1.52. The van der Waals surface area contributed by atoms with Crippen LogP contribution in [0.25, 0.3) is 0 Å². The number of hydrogen-bond donors (Lipinski definition) is 0. The Hall–Kier alpha value is -2.49. The molecule has 3 rings (SSSR count).